The number of nitrogens with zero attached hydrogens (tertiary/aromatic N) is 1. The third kappa shape index (κ3) is 3.56. The Morgan fingerprint density at radius 1 is 1.48 bits per heavy atom. The summed E-state index contributed by atoms with van der Waals surface area (Å²) in [6.07, 6.45) is 0. The average molecular weight is 349 g/mol. The minimum Gasteiger partial charge on any atom is -0.316 e. The standard InChI is InChI=1S/C14H21ClN2O2S2/c1-10-9-20-5-4-17(10)21(18,19)14-7-13(15)6-12(8-16-3)11(14)2/h6-7,10,16H,4-5,8-9H2,1-3H3. The molecular weight excluding hydrogens is 328 g/mol. The number of hydrogen-bond acceptors (Lipinski definition) is 4. The molecule has 1 N–H and O–H groups in total. The van der Waals surface area contributed by atoms with Crippen molar-refractivity contribution in [3.8, 4) is 0 Å². The Morgan fingerprint density at radius 2 is 2.19 bits per heavy atom. The lowest BCUT2D eigenvalue weighted by molar-refractivity contribution is 0.367. The van der Waals surface area contributed by atoms with Crippen molar-refractivity contribution >= 4 is 33.4 Å². The first-order chi connectivity index (χ1) is 9.87. The van der Waals surface area contributed by atoms with Crippen molar-refractivity contribution in [2.45, 2.75) is 31.3 Å². The lowest BCUT2D eigenvalue weighted by Gasteiger charge is -2.32. The van der Waals surface area contributed by atoms with Crippen LogP contribution in [0.5, 0.6) is 0 Å². The van der Waals surface area contributed by atoms with E-state index >= 15 is 0 Å². The van der Waals surface area contributed by atoms with E-state index in [9.17, 15) is 8.42 Å². The molecule has 1 aliphatic heterocycles. The average Bonchev–Trinajstić information content (AvgIpc) is 2.43. The summed E-state index contributed by atoms with van der Waals surface area (Å²) in [4.78, 5) is 0.332. The van der Waals surface area contributed by atoms with E-state index in [4.69, 9.17) is 11.6 Å². The van der Waals surface area contributed by atoms with Gasteiger partial charge < -0.3 is 5.32 Å². The number of benzene rings is 1. The zero-order valence-corrected chi connectivity index (χ0v) is 14.9. The molecule has 0 aromatic heterocycles. The van der Waals surface area contributed by atoms with Crippen molar-refractivity contribution in [1.82, 2.24) is 9.62 Å². The number of thioether (sulfide) groups is 1. The molecular formula is C14H21ClN2O2S2. The van der Waals surface area contributed by atoms with Crippen LogP contribution in [0.1, 0.15) is 18.1 Å². The summed E-state index contributed by atoms with van der Waals surface area (Å²) >= 11 is 7.92. The fourth-order valence-corrected chi connectivity index (χ4v) is 6.00. The first-order valence-electron chi connectivity index (χ1n) is 6.91. The van der Waals surface area contributed by atoms with E-state index in [0.717, 1.165) is 22.6 Å². The van der Waals surface area contributed by atoms with Gasteiger partial charge in [0.1, 0.15) is 0 Å². The Balaban J connectivity index is 2.49. The predicted molar refractivity (Wildman–Crippen MR) is 89.6 cm³/mol. The maximum Gasteiger partial charge on any atom is 0.243 e. The minimum absolute atomic E-state index is 0.0138. The van der Waals surface area contributed by atoms with Crippen molar-refractivity contribution in [2.75, 3.05) is 25.1 Å². The summed E-state index contributed by atoms with van der Waals surface area (Å²) in [5.41, 5.74) is 1.70. The van der Waals surface area contributed by atoms with Crippen LogP contribution in [0.15, 0.2) is 17.0 Å². The van der Waals surface area contributed by atoms with E-state index in [1.165, 1.54) is 0 Å². The van der Waals surface area contributed by atoms with Crippen LogP contribution in [0.25, 0.3) is 0 Å². The number of hydrogen-bond donors (Lipinski definition) is 1. The third-order valence-electron chi connectivity index (χ3n) is 3.69. The number of sulfonamides is 1. The summed E-state index contributed by atoms with van der Waals surface area (Å²) in [6, 6.07) is 3.40. The molecule has 2 rings (SSSR count). The summed E-state index contributed by atoms with van der Waals surface area (Å²) in [7, 11) is -1.67. The third-order valence-corrected chi connectivity index (χ3v) is 7.24. The molecule has 1 saturated heterocycles. The van der Waals surface area contributed by atoms with Gasteiger partial charge in [-0.3, -0.25) is 0 Å². The molecule has 0 bridgehead atoms. The zero-order chi connectivity index (χ0) is 15.6. The number of nitrogens with one attached hydrogen (secondary N) is 1. The van der Waals surface area contributed by atoms with Crippen molar-refractivity contribution in [2.24, 2.45) is 0 Å². The highest BCUT2D eigenvalue weighted by atomic mass is 35.5. The molecule has 21 heavy (non-hydrogen) atoms. The molecule has 0 saturated carbocycles. The maximum absolute atomic E-state index is 13.0. The molecule has 0 spiro atoms. The van der Waals surface area contributed by atoms with Gasteiger partial charge in [-0.1, -0.05) is 11.6 Å². The molecule has 0 radical (unpaired) electrons. The summed E-state index contributed by atoms with van der Waals surface area (Å²) in [6.45, 7) is 4.96. The highest BCUT2D eigenvalue weighted by Crippen LogP contribution is 2.30. The van der Waals surface area contributed by atoms with Gasteiger partial charge in [0, 0.05) is 35.7 Å². The molecule has 1 aliphatic rings. The van der Waals surface area contributed by atoms with E-state index < -0.39 is 10.0 Å². The van der Waals surface area contributed by atoms with Gasteiger partial charge in [0.05, 0.1) is 4.90 Å². The SMILES string of the molecule is CNCc1cc(Cl)cc(S(=O)(=O)N2CCSCC2C)c1C. The summed E-state index contributed by atoms with van der Waals surface area (Å²) in [5, 5.41) is 3.51. The van der Waals surface area contributed by atoms with Crippen LogP contribution in [0, 0.1) is 6.92 Å². The molecule has 7 heteroatoms. The van der Waals surface area contributed by atoms with Crippen LogP contribution in [0.3, 0.4) is 0 Å². The van der Waals surface area contributed by atoms with Crippen LogP contribution >= 0.6 is 23.4 Å². The van der Waals surface area contributed by atoms with E-state index in [0.29, 0.717) is 23.0 Å². The van der Waals surface area contributed by atoms with Gasteiger partial charge in [0.15, 0.2) is 0 Å². The number of halogens is 1. The zero-order valence-electron chi connectivity index (χ0n) is 12.5. The van der Waals surface area contributed by atoms with Crippen molar-refractivity contribution < 1.29 is 8.42 Å². The van der Waals surface area contributed by atoms with Gasteiger partial charge in [0.25, 0.3) is 0 Å². The van der Waals surface area contributed by atoms with Crippen LogP contribution in [-0.4, -0.2) is 43.9 Å². The maximum atomic E-state index is 13.0. The first-order valence-corrected chi connectivity index (χ1v) is 9.88. The normalized spacial score (nSPS) is 20.7. The highest BCUT2D eigenvalue weighted by Gasteiger charge is 2.32. The smallest absolute Gasteiger partial charge is 0.243 e. The van der Waals surface area contributed by atoms with Crippen LogP contribution in [0.4, 0.5) is 0 Å². The van der Waals surface area contributed by atoms with Crippen molar-refractivity contribution in [1.29, 1.82) is 0 Å². The molecule has 0 amide bonds. The molecule has 0 aliphatic carbocycles. The Hall–Kier alpha value is -0.270. The number of rotatable bonds is 4. The van der Waals surface area contributed by atoms with Gasteiger partial charge in [-0.2, -0.15) is 16.1 Å². The lowest BCUT2D eigenvalue weighted by atomic mass is 10.1. The second-order valence-corrected chi connectivity index (χ2v) is 8.70. The molecule has 118 valence electrons. The van der Waals surface area contributed by atoms with E-state index in [-0.39, 0.29) is 6.04 Å². The van der Waals surface area contributed by atoms with Gasteiger partial charge in [-0.05, 0) is 44.2 Å². The topological polar surface area (TPSA) is 49.4 Å². The molecule has 1 unspecified atom stereocenters. The van der Waals surface area contributed by atoms with E-state index in [1.807, 2.05) is 27.0 Å². The summed E-state index contributed by atoms with van der Waals surface area (Å²) < 4.78 is 27.5. The minimum atomic E-state index is -3.50. The van der Waals surface area contributed by atoms with Crippen LogP contribution in [0.2, 0.25) is 5.02 Å². The fraction of sp³-hybridized carbons (Fsp3) is 0.571. The van der Waals surface area contributed by atoms with E-state index in [2.05, 4.69) is 5.32 Å². The second-order valence-electron chi connectivity index (χ2n) is 5.26. The first kappa shape index (κ1) is 17.1. The van der Waals surface area contributed by atoms with Crippen LogP contribution in [-0.2, 0) is 16.6 Å². The van der Waals surface area contributed by atoms with Gasteiger partial charge in [-0.15, -0.1) is 0 Å². The van der Waals surface area contributed by atoms with Gasteiger partial charge in [-0.25, -0.2) is 8.42 Å². The Morgan fingerprint density at radius 3 is 2.81 bits per heavy atom. The Kier molecular flexibility index (Phi) is 5.59. The van der Waals surface area contributed by atoms with Crippen LogP contribution < -0.4 is 5.32 Å². The quantitative estimate of drug-likeness (QED) is 0.908. The molecule has 1 aromatic carbocycles. The van der Waals surface area contributed by atoms with E-state index in [1.54, 1.807) is 22.1 Å². The molecule has 1 aromatic rings. The lowest BCUT2D eigenvalue weighted by Crippen LogP contribution is -2.44. The predicted octanol–water partition coefficient (Wildman–Crippen LogP) is 2.49. The molecule has 1 heterocycles. The van der Waals surface area contributed by atoms with Gasteiger partial charge in [0.2, 0.25) is 10.0 Å². The van der Waals surface area contributed by atoms with Gasteiger partial charge >= 0.3 is 0 Å². The van der Waals surface area contributed by atoms with Crippen molar-refractivity contribution in [3.63, 3.8) is 0 Å². The Labute approximate surface area is 136 Å². The molecule has 1 atom stereocenters. The monoisotopic (exact) mass is 348 g/mol. The largest absolute Gasteiger partial charge is 0.316 e. The molecule has 1 fully saturated rings. The second kappa shape index (κ2) is 6.87. The highest BCUT2D eigenvalue weighted by molar-refractivity contribution is 7.99. The fourth-order valence-electron chi connectivity index (χ4n) is 2.55. The van der Waals surface area contributed by atoms with Crippen molar-refractivity contribution in [3.05, 3.63) is 28.3 Å². The summed E-state index contributed by atoms with van der Waals surface area (Å²) in [5.74, 6) is 1.68. The Bertz CT molecular complexity index is 620. The molecule has 4 nitrogen and oxygen atoms in total.